The molecule has 1 aromatic heterocycles. The van der Waals surface area contributed by atoms with E-state index in [1.807, 2.05) is 63.2 Å². The quantitative estimate of drug-likeness (QED) is 0.790. The zero-order valence-corrected chi connectivity index (χ0v) is 13.5. The highest BCUT2D eigenvalue weighted by atomic mass is 16.5. The molecule has 116 valence electrons. The van der Waals surface area contributed by atoms with Gasteiger partial charge in [-0.3, -0.25) is 0 Å². The van der Waals surface area contributed by atoms with Crippen LogP contribution in [0.2, 0.25) is 0 Å². The van der Waals surface area contributed by atoms with E-state index in [2.05, 4.69) is 10.1 Å². The predicted molar refractivity (Wildman–Crippen MR) is 92.4 cm³/mol. The van der Waals surface area contributed by atoms with Gasteiger partial charge in [0.25, 0.3) is 5.89 Å². The highest BCUT2D eigenvalue weighted by molar-refractivity contribution is 5.77. The summed E-state index contributed by atoms with van der Waals surface area (Å²) in [5, 5.41) is 4.08. The average molecular weight is 305 g/mol. The smallest absolute Gasteiger partial charge is 0.253 e. The number of aromatic nitrogens is 2. The fraction of sp³-hybridized carbons (Fsp3) is 0.158. The normalized spacial score (nSPS) is 11.7. The lowest BCUT2D eigenvalue weighted by Crippen LogP contribution is -1.96. The summed E-state index contributed by atoms with van der Waals surface area (Å²) in [5.74, 6) is 0.990. The Morgan fingerprint density at radius 2 is 1.65 bits per heavy atom. The van der Waals surface area contributed by atoms with Crippen LogP contribution in [0, 0.1) is 20.8 Å². The third-order valence-corrected chi connectivity index (χ3v) is 3.81. The highest BCUT2D eigenvalue weighted by Gasteiger charge is 2.12. The van der Waals surface area contributed by atoms with Crippen LogP contribution < -0.4 is 5.73 Å². The van der Waals surface area contributed by atoms with Crippen LogP contribution in [-0.2, 0) is 0 Å². The summed E-state index contributed by atoms with van der Waals surface area (Å²) in [7, 11) is 0. The van der Waals surface area contributed by atoms with E-state index in [1.165, 1.54) is 5.56 Å². The first-order valence-corrected chi connectivity index (χ1v) is 7.49. The van der Waals surface area contributed by atoms with Crippen LogP contribution in [0.5, 0.6) is 0 Å². The lowest BCUT2D eigenvalue weighted by Gasteiger charge is -2.03. The molecule has 0 fully saturated rings. The Bertz CT molecular complexity index is 840. The minimum Gasteiger partial charge on any atom is -0.398 e. The van der Waals surface area contributed by atoms with Crippen molar-refractivity contribution in [2.45, 2.75) is 20.8 Å². The maximum atomic E-state index is 6.12. The van der Waals surface area contributed by atoms with Crippen LogP contribution in [0.25, 0.3) is 23.2 Å². The number of benzene rings is 2. The molecule has 3 aromatic rings. The Balaban J connectivity index is 1.93. The minimum atomic E-state index is 0.403. The SMILES string of the molecule is Cc1ccc(/C(N)=C/c2nc(-c3c(C)cccc3C)no2)cc1. The van der Waals surface area contributed by atoms with Crippen LogP contribution in [0.1, 0.15) is 28.1 Å². The van der Waals surface area contributed by atoms with Gasteiger partial charge in [-0.05, 0) is 37.5 Å². The monoisotopic (exact) mass is 305 g/mol. The molecule has 4 nitrogen and oxygen atoms in total. The first-order chi connectivity index (χ1) is 11.0. The van der Waals surface area contributed by atoms with Crippen molar-refractivity contribution >= 4 is 11.8 Å². The van der Waals surface area contributed by atoms with Gasteiger partial charge in [0.05, 0.1) is 0 Å². The molecule has 2 N–H and O–H groups in total. The number of nitrogens with zero attached hydrogens (tertiary/aromatic N) is 2. The molecule has 0 aliphatic rings. The molecule has 0 bridgehead atoms. The average Bonchev–Trinajstić information content (AvgIpc) is 2.96. The van der Waals surface area contributed by atoms with Gasteiger partial charge in [0.2, 0.25) is 5.82 Å². The van der Waals surface area contributed by atoms with Crippen molar-refractivity contribution in [2.24, 2.45) is 5.73 Å². The van der Waals surface area contributed by atoms with Crippen LogP contribution in [-0.4, -0.2) is 10.1 Å². The molecule has 1 heterocycles. The molecule has 4 heteroatoms. The van der Waals surface area contributed by atoms with Gasteiger partial charge in [-0.1, -0.05) is 53.2 Å². The van der Waals surface area contributed by atoms with Crippen LogP contribution in [0.15, 0.2) is 47.0 Å². The van der Waals surface area contributed by atoms with E-state index in [9.17, 15) is 0 Å². The van der Waals surface area contributed by atoms with Gasteiger partial charge in [-0.25, -0.2) is 0 Å². The van der Waals surface area contributed by atoms with Gasteiger partial charge < -0.3 is 10.3 Å². The van der Waals surface area contributed by atoms with Gasteiger partial charge in [0.15, 0.2) is 0 Å². The van der Waals surface area contributed by atoms with E-state index < -0.39 is 0 Å². The number of nitrogens with two attached hydrogens (primary N) is 1. The fourth-order valence-electron chi connectivity index (χ4n) is 2.52. The molecule has 0 aliphatic carbocycles. The summed E-state index contributed by atoms with van der Waals surface area (Å²) >= 11 is 0. The number of hydrogen-bond donors (Lipinski definition) is 1. The molecular weight excluding hydrogens is 286 g/mol. The maximum Gasteiger partial charge on any atom is 0.253 e. The van der Waals surface area contributed by atoms with Gasteiger partial charge in [-0.15, -0.1) is 0 Å². The molecule has 0 radical (unpaired) electrons. The summed E-state index contributed by atoms with van der Waals surface area (Å²) in [6.45, 7) is 6.11. The summed E-state index contributed by atoms with van der Waals surface area (Å²) < 4.78 is 5.33. The summed E-state index contributed by atoms with van der Waals surface area (Å²) in [5.41, 5.74) is 12.1. The van der Waals surface area contributed by atoms with E-state index in [0.29, 0.717) is 17.4 Å². The van der Waals surface area contributed by atoms with Gasteiger partial charge in [-0.2, -0.15) is 4.98 Å². The molecule has 0 atom stereocenters. The molecule has 3 rings (SSSR count). The Morgan fingerprint density at radius 1 is 1.00 bits per heavy atom. The van der Waals surface area contributed by atoms with E-state index in [-0.39, 0.29) is 0 Å². The minimum absolute atomic E-state index is 0.403. The van der Waals surface area contributed by atoms with Crippen molar-refractivity contribution in [2.75, 3.05) is 0 Å². The molecular formula is C19H19N3O. The van der Waals surface area contributed by atoms with E-state index >= 15 is 0 Å². The first-order valence-electron chi connectivity index (χ1n) is 7.49. The Labute approximate surface area is 135 Å². The Kier molecular flexibility index (Phi) is 3.98. The van der Waals surface area contributed by atoms with Gasteiger partial charge >= 0.3 is 0 Å². The summed E-state index contributed by atoms with van der Waals surface area (Å²) in [6.07, 6.45) is 1.70. The number of aryl methyl sites for hydroxylation is 3. The molecule has 0 amide bonds. The number of hydrogen-bond acceptors (Lipinski definition) is 4. The standard InChI is InChI=1S/C19H19N3O/c1-12-7-9-15(10-8-12)16(20)11-17-21-19(22-23-17)18-13(2)5-4-6-14(18)3/h4-11H,20H2,1-3H3/b16-11-. The van der Waals surface area contributed by atoms with Crippen LogP contribution >= 0.6 is 0 Å². The third kappa shape index (κ3) is 3.16. The molecule has 0 saturated carbocycles. The van der Waals surface area contributed by atoms with Crippen LogP contribution in [0.4, 0.5) is 0 Å². The van der Waals surface area contributed by atoms with Gasteiger partial charge in [0, 0.05) is 17.3 Å². The lowest BCUT2D eigenvalue weighted by atomic mass is 10.0. The second-order valence-corrected chi connectivity index (χ2v) is 5.69. The van der Waals surface area contributed by atoms with E-state index in [4.69, 9.17) is 10.3 Å². The molecule has 0 saturated heterocycles. The Hall–Kier alpha value is -2.88. The number of rotatable bonds is 3. The molecule has 0 spiro atoms. The zero-order valence-electron chi connectivity index (χ0n) is 13.5. The lowest BCUT2D eigenvalue weighted by molar-refractivity contribution is 0.411. The van der Waals surface area contributed by atoms with Crippen LogP contribution in [0.3, 0.4) is 0 Å². The zero-order chi connectivity index (χ0) is 16.4. The van der Waals surface area contributed by atoms with Gasteiger partial charge in [0.1, 0.15) is 0 Å². The topological polar surface area (TPSA) is 64.9 Å². The molecule has 23 heavy (non-hydrogen) atoms. The molecule has 0 unspecified atom stereocenters. The summed E-state index contributed by atoms with van der Waals surface area (Å²) in [6, 6.07) is 14.1. The fourth-order valence-corrected chi connectivity index (χ4v) is 2.52. The van der Waals surface area contributed by atoms with E-state index in [0.717, 1.165) is 22.3 Å². The van der Waals surface area contributed by atoms with Crippen molar-refractivity contribution in [3.05, 3.63) is 70.6 Å². The largest absolute Gasteiger partial charge is 0.398 e. The maximum absolute atomic E-state index is 6.12. The van der Waals surface area contributed by atoms with E-state index in [1.54, 1.807) is 6.08 Å². The van der Waals surface area contributed by atoms with Crippen molar-refractivity contribution in [3.63, 3.8) is 0 Å². The second-order valence-electron chi connectivity index (χ2n) is 5.69. The van der Waals surface area contributed by atoms with Crippen molar-refractivity contribution < 1.29 is 4.52 Å². The second kappa shape index (κ2) is 6.08. The Morgan fingerprint density at radius 3 is 2.30 bits per heavy atom. The molecule has 2 aromatic carbocycles. The van der Waals surface area contributed by atoms with Crippen molar-refractivity contribution in [1.82, 2.24) is 10.1 Å². The summed E-state index contributed by atoms with van der Waals surface area (Å²) in [4.78, 5) is 4.45. The first kappa shape index (κ1) is 15.0. The third-order valence-electron chi connectivity index (χ3n) is 3.81. The predicted octanol–water partition coefficient (Wildman–Crippen LogP) is 4.12. The highest BCUT2D eigenvalue weighted by Crippen LogP contribution is 2.25. The van der Waals surface area contributed by atoms with Crippen molar-refractivity contribution in [3.8, 4) is 11.4 Å². The van der Waals surface area contributed by atoms with Crippen molar-refractivity contribution in [1.29, 1.82) is 0 Å². The molecule has 0 aliphatic heterocycles.